The number of allylic oxidation sites excluding steroid dienone is 2. The molecule has 0 aromatic carbocycles. The van der Waals surface area contributed by atoms with Crippen LogP contribution in [0.1, 0.15) is 245 Å². The van der Waals surface area contributed by atoms with Crippen LogP contribution < -0.4 is 0 Å². The summed E-state index contributed by atoms with van der Waals surface area (Å²) in [4.78, 5) is 37.1. The highest BCUT2D eigenvalue weighted by atomic mass is 16.6. The van der Waals surface area contributed by atoms with Gasteiger partial charge in [0.25, 0.3) is 0 Å². The average Bonchev–Trinajstić information content (AvgIpc) is 3.19. The number of carbonyl (C=O) groups is 3. The van der Waals surface area contributed by atoms with Crippen molar-refractivity contribution in [3.8, 4) is 0 Å². The Morgan fingerprint density at radius 3 is 1.24 bits per heavy atom. The van der Waals surface area contributed by atoms with E-state index >= 15 is 0 Å². The van der Waals surface area contributed by atoms with Gasteiger partial charge in [-0.3, -0.25) is 9.59 Å². The van der Waals surface area contributed by atoms with Crippen molar-refractivity contribution in [3.05, 3.63) is 12.2 Å². The van der Waals surface area contributed by atoms with Crippen LogP contribution in [0.3, 0.4) is 0 Å². The Morgan fingerprint density at radius 1 is 0.492 bits per heavy atom. The van der Waals surface area contributed by atoms with Crippen LogP contribution >= 0.6 is 0 Å². The van der Waals surface area contributed by atoms with Gasteiger partial charge < -0.3 is 23.8 Å². The van der Waals surface area contributed by atoms with Crippen LogP contribution in [0.4, 0.5) is 0 Å². The highest BCUT2D eigenvalue weighted by Crippen LogP contribution is 2.16. The first-order valence-corrected chi connectivity index (χ1v) is 25.2. The summed E-state index contributed by atoms with van der Waals surface area (Å²) in [5.41, 5.74) is 0. The number of esters is 2. The minimum atomic E-state index is -0.872. The van der Waals surface area contributed by atoms with Gasteiger partial charge in [0, 0.05) is 19.3 Å². The van der Waals surface area contributed by atoms with E-state index in [-0.39, 0.29) is 36.2 Å². The van der Waals surface area contributed by atoms with Crippen LogP contribution in [0.25, 0.3) is 0 Å². The number of quaternary nitrogens is 1. The van der Waals surface area contributed by atoms with E-state index in [1.807, 2.05) is 21.1 Å². The summed E-state index contributed by atoms with van der Waals surface area (Å²) in [6.45, 7) is 4.76. The molecule has 0 aromatic heterocycles. The standard InChI is InChI=1S/C51H97NO7/c1-6-8-10-12-14-16-18-20-22-23-24-25-26-28-29-31-33-35-37-39-41-49(53)58-46-47(45-57-44-43-48(51(55)56)52(3,4)5)59-50(54)42-40-38-36-34-32-30-27-21-19-17-15-13-11-9-7-2/h17,19,47-48H,6-16,18,20-46H2,1-5H3/p+1/b19-17+. The van der Waals surface area contributed by atoms with Crippen LogP contribution in [0.15, 0.2) is 12.2 Å². The van der Waals surface area contributed by atoms with Gasteiger partial charge in [-0.2, -0.15) is 0 Å². The summed E-state index contributed by atoms with van der Waals surface area (Å²) < 4.78 is 17.3. The molecule has 0 fully saturated rings. The van der Waals surface area contributed by atoms with Gasteiger partial charge in [0.2, 0.25) is 0 Å². The van der Waals surface area contributed by atoms with Crippen LogP contribution in [0.2, 0.25) is 0 Å². The number of unbranched alkanes of at least 4 members (excludes halogenated alkanes) is 30. The largest absolute Gasteiger partial charge is 0.477 e. The van der Waals surface area contributed by atoms with E-state index < -0.39 is 18.1 Å². The first-order chi connectivity index (χ1) is 28.6. The molecule has 0 saturated heterocycles. The SMILES string of the molecule is CCCCCC/C=C/CCCCCCCCCC(=O)OC(COCCC(C(=O)O)[N+](C)(C)C)COC(=O)CCCCCCCCCCCCCCCCCCCCCC. The molecule has 348 valence electrons. The minimum absolute atomic E-state index is 0.0461. The Morgan fingerprint density at radius 2 is 0.847 bits per heavy atom. The Hall–Kier alpha value is -1.93. The van der Waals surface area contributed by atoms with E-state index in [4.69, 9.17) is 14.2 Å². The number of nitrogens with zero attached hydrogens (tertiary/aromatic N) is 1. The lowest BCUT2D eigenvalue weighted by Gasteiger charge is -2.31. The molecule has 0 amide bonds. The molecular weight excluding hydrogens is 739 g/mol. The molecule has 0 radical (unpaired) electrons. The lowest BCUT2D eigenvalue weighted by molar-refractivity contribution is -0.887. The average molecular weight is 837 g/mol. The van der Waals surface area contributed by atoms with E-state index in [1.165, 1.54) is 173 Å². The summed E-state index contributed by atoms with van der Waals surface area (Å²) in [6.07, 6.45) is 46.8. The molecule has 0 saturated carbocycles. The molecule has 1 N–H and O–H groups in total. The molecule has 0 aliphatic rings. The third-order valence-corrected chi connectivity index (χ3v) is 11.7. The second-order valence-corrected chi connectivity index (χ2v) is 18.4. The molecule has 8 nitrogen and oxygen atoms in total. The summed E-state index contributed by atoms with van der Waals surface area (Å²) in [6, 6.07) is -0.611. The molecular formula is C51H98NO7+. The van der Waals surface area contributed by atoms with E-state index in [0.29, 0.717) is 19.3 Å². The minimum Gasteiger partial charge on any atom is -0.477 e. The maximum atomic E-state index is 12.8. The fourth-order valence-electron chi connectivity index (χ4n) is 7.74. The van der Waals surface area contributed by atoms with Crippen LogP contribution in [-0.4, -0.2) is 80.6 Å². The van der Waals surface area contributed by atoms with Crippen molar-refractivity contribution in [1.29, 1.82) is 0 Å². The zero-order valence-electron chi connectivity index (χ0n) is 39.7. The smallest absolute Gasteiger partial charge is 0.362 e. The highest BCUT2D eigenvalue weighted by Gasteiger charge is 2.31. The van der Waals surface area contributed by atoms with Gasteiger partial charge in [0.15, 0.2) is 12.1 Å². The molecule has 0 aliphatic heterocycles. The van der Waals surface area contributed by atoms with Gasteiger partial charge >= 0.3 is 17.9 Å². The molecule has 0 spiro atoms. The van der Waals surface area contributed by atoms with Crippen molar-refractivity contribution in [3.63, 3.8) is 0 Å². The number of carboxylic acids is 1. The van der Waals surface area contributed by atoms with Crippen LogP contribution in [0, 0.1) is 0 Å². The third kappa shape index (κ3) is 41.2. The third-order valence-electron chi connectivity index (χ3n) is 11.7. The number of aliphatic carboxylic acids is 1. The number of ether oxygens (including phenoxy) is 3. The Kier molecular flexibility index (Phi) is 41.3. The molecule has 0 bridgehead atoms. The van der Waals surface area contributed by atoms with Crippen molar-refractivity contribution in [2.75, 3.05) is 41.0 Å². The predicted octanol–water partition coefficient (Wildman–Crippen LogP) is 14.3. The fraction of sp³-hybridized carbons (Fsp3) is 0.902. The van der Waals surface area contributed by atoms with Crippen molar-refractivity contribution in [1.82, 2.24) is 0 Å². The molecule has 8 heteroatoms. The van der Waals surface area contributed by atoms with Gasteiger partial charge in [-0.1, -0.05) is 199 Å². The fourth-order valence-corrected chi connectivity index (χ4v) is 7.74. The second kappa shape index (κ2) is 42.7. The topological polar surface area (TPSA) is 99.1 Å². The van der Waals surface area contributed by atoms with E-state index in [2.05, 4.69) is 26.0 Å². The molecule has 0 aliphatic carbocycles. The Bertz CT molecular complexity index is 978. The van der Waals surface area contributed by atoms with E-state index in [0.717, 1.165) is 38.5 Å². The van der Waals surface area contributed by atoms with Crippen LogP contribution in [-0.2, 0) is 28.6 Å². The lowest BCUT2D eigenvalue weighted by Crippen LogP contribution is -2.50. The first kappa shape index (κ1) is 57.1. The number of hydrogen-bond acceptors (Lipinski definition) is 6. The molecule has 0 aromatic rings. The Labute approximate surface area is 365 Å². The molecule has 0 heterocycles. The highest BCUT2D eigenvalue weighted by molar-refractivity contribution is 5.72. The van der Waals surface area contributed by atoms with Gasteiger partial charge in [0.05, 0.1) is 34.4 Å². The maximum absolute atomic E-state index is 12.8. The molecule has 0 rings (SSSR count). The van der Waals surface area contributed by atoms with Gasteiger partial charge in [-0.15, -0.1) is 0 Å². The number of carboxylic acid groups (broad SMARTS) is 1. The number of likely N-dealkylation sites (N-methyl/N-ethyl adjacent to an activating group) is 1. The monoisotopic (exact) mass is 837 g/mol. The first-order valence-electron chi connectivity index (χ1n) is 25.2. The molecule has 2 unspecified atom stereocenters. The summed E-state index contributed by atoms with van der Waals surface area (Å²) in [5.74, 6) is -1.45. The maximum Gasteiger partial charge on any atom is 0.362 e. The quantitative estimate of drug-likeness (QED) is 0.0282. The lowest BCUT2D eigenvalue weighted by atomic mass is 10.0. The zero-order valence-corrected chi connectivity index (χ0v) is 39.7. The van der Waals surface area contributed by atoms with Gasteiger partial charge in [0.1, 0.15) is 6.61 Å². The second-order valence-electron chi connectivity index (χ2n) is 18.4. The summed E-state index contributed by atoms with van der Waals surface area (Å²) in [7, 11) is 5.54. The Balaban J connectivity index is 4.20. The summed E-state index contributed by atoms with van der Waals surface area (Å²) in [5, 5.41) is 9.64. The van der Waals surface area contributed by atoms with E-state index in [1.54, 1.807) is 0 Å². The van der Waals surface area contributed by atoms with Crippen molar-refractivity contribution in [2.45, 2.75) is 257 Å². The van der Waals surface area contributed by atoms with Crippen molar-refractivity contribution in [2.24, 2.45) is 0 Å². The number of rotatable bonds is 46. The normalized spacial score (nSPS) is 12.9. The van der Waals surface area contributed by atoms with Gasteiger partial charge in [-0.25, -0.2) is 4.79 Å². The van der Waals surface area contributed by atoms with Crippen molar-refractivity contribution >= 4 is 17.9 Å². The molecule has 59 heavy (non-hydrogen) atoms. The number of carbonyl (C=O) groups excluding carboxylic acids is 2. The van der Waals surface area contributed by atoms with Crippen molar-refractivity contribution < 1.29 is 38.2 Å². The zero-order chi connectivity index (χ0) is 43.5. The van der Waals surface area contributed by atoms with Crippen LogP contribution in [0.5, 0.6) is 0 Å². The molecule has 2 atom stereocenters. The van der Waals surface area contributed by atoms with E-state index in [9.17, 15) is 19.5 Å². The number of hydrogen-bond donors (Lipinski definition) is 1. The van der Waals surface area contributed by atoms with Gasteiger partial charge in [-0.05, 0) is 38.5 Å². The summed E-state index contributed by atoms with van der Waals surface area (Å²) >= 11 is 0. The predicted molar refractivity (Wildman–Crippen MR) is 248 cm³/mol.